The molecule has 1 aliphatic carbocycles. The molecule has 0 radical (unpaired) electrons. The van der Waals surface area contributed by atoms with Gasteiger partial charge in [0.05, 0.1) is 17.0 Å². The predicted octanol–water partition coefficient (Wildman–Crippen LogP) is 2.98. The van der Waals surface area contributed by atoms with Gasteiger partial charge in [-0.1, -0.05) is 12.1 Å². The third kappa shape index (κ3) is 2.48. The van der Waals surface area contributed by atoms with E-state index in [0.29, 0.717) is 25.9 Å². The molecule has 2 N–H and O–H groups in total. The summed E-state index contributed by atoms with van der Waals surface area (Å²) in [6.07, 6.45) is 5.63. The van der Waals surface area contributed by atoms with Crippen molar-refractivity contribution in [2.24, 2.45) is 5.92 Å². The van der Waals surface area contributed by atoms with E-state index in [0.717, 1.165) is 23.9 Å². The first-order valence-corrected chi connectivity index (χ1v) is 8.79. The number of benzene rings is 1. The molecule has 2 aromatic rings. The molecule has 0 atom stereocenters. The number of aromatic amines is 1. The number of fused-ring (bicyclic) bond motifs is 3. The average Bonchev–Trinajstić information content (AvgIpc) is 3.00. The molecule has 24 heavy (non-hydrogen) atoms. The number of aliphatic carboxylic acids is 1. The molecule has 0 saturated carbocycles. The Hall–Kier alpha value is -2.30. The summed E-state index contributed by atoms with van der Waals surface area (Å²) in [7, 11) is 0. The fourth-order valence-corrected chi connectivity index (χ4v) is 4.11. The molecular formula is C19H22N2O3. The van der Waals surface area contributed by atoms with Crippen molar-refractivity contribution < 1.29 is 14.7 Å². The summed E-state index contributed by atoms with van der Waals surface area (Å²) in [5.41, 5.74) is 4.32. The number of aryl methyl sites for hydroxylation is 2. The highest BCUT2D eigenvalue weighted by atomic mass is 16.4. The fourth-order valence-electron chi connectivity index (χ4n) is 4.11. The molecule has 0 unspecified atom stereocenters. The number of piperidine rings is 1. The molecule has 0 bridgehead atoms. The number of H-pyrrole nitrogens is 1. The Morgan fingerprint density at radius 2 is 1.88 bits per heavy atom. The minimum atomic E-state index is -0.749. The maximum Gasteiger partial charge on any atom is 0.306 e. The number of nitrogens with zero attached hydrogens (tertiary/aromatic N) is 1. The number of hydrogen-bond acceptors (Lipinski definition) is 2. The van der Waals surface area contributed by atoms with Crippen LogP contribution in [-0.2, 0) is 17.6 Å². The predicted molar refractivity (Wildman–Crippen MR) is 91.2 cm³/mol. The van der Waals surface area contributed by atoms with E-state index in [-0.39, 0.29) is 11.8 Å². The topological polar surface area (TPSA) is 73.4 Å². The lowest BCUT2D eigenvalue weighted by Crippen LogP contribution is -2.40. The van der Waals surface area contributed by atoms with Crippen LogP contribution in [0.25, 0.3) is 10.9 Å². The van der Waals surface area contributed by atoms with Crippen LogP contribution in [0.2, 0.25) is 0 Å². The van der Waals surface area contributed by atoms with Gasteiger partial charge >= 0.3 is 5.97 Å². The van der Waals surface area contributed by atoms with Gasteiger partial charge in [-0.2, -0.15) is 0 Å². The molecule has 2 heterocycles. The van der Waals surface area contributed by atoms with Gasteiger partial charge in [0.1, 0.15) is 0 Å². The van der Waals surface area contributed by atoms with Crippen LogP contribution in [0.4, 0.5) is 0 Å². The molecule has 1 amide bonds. The Balaban J connectivity index is 1.63. The number of nitrogens with one attached hydrogen (secondary N) is 1. The van der Waals surface area contributed by atoms with Crippen LogP contribution in [0, 0.1) is 5.92 Å². The second-order valence-electron chi connectivity index (χ2n) is 6.92. The molecule has 0 spiro atoms. The summed E-state index contributed by atoms with van der Waals surface area (Å²) in [4.78, 5) is 29.3. The second kappa shape index (κ2) is 5.96. The number of rotatable bonds is 2. The third-order valence-corrected chi connectivity index (χ3v) is 5.50. The lowest BCUT2D eigenvalue weighted by atomic mass is 9.94. The van der Waals surface area contributed by atoms with E-state index in [2.05, 4.69) is 11.1 Å². The van der Waals surface area contributed by atoms with Gasteiger partial charge in [-0.15, -0.1) is 0 Å². The van der Waals surface area contributed by atoms with Gasteiger partial charge in [0.25, 0.3) is 5.91 Å². The second-order valence-corrected chi connectivity index (χ2v) is 6.92. The van der Waals surface area contributed by atoms with E-state index in [9.17, 15) is 9.59 Å². The number of para-hydroxylation sites is 1. The van der Waals surface area contributed by atoms with Gasteiger partial charge < -0.3 is 15.0 Å². The van der Waals surface area contributed by atoms with Crippen molar-refractivity contribution in [1.29, 1.82) is 0 Å². The Bertz CT molecular complexity index is 800. The smallest absolute Gasteiger partial charge is 0.306 e. The van der Waals surface area contributed by atoms with Gasteiger partial charge in [-0.3, -0.25) is 9.59 Å². The molecule has 1 fully saturated rings. The Labute approximate surface area is 140 Å². The molecule has 1 saturated heterocycles. The van der Waals surface area contributed by atoms with Crippen LogP contribution in [0.15, 0.2) is 18.2 Å². The molecule has 2 aliphatic rings. The lowest BCUT2D eigenvalue weighted by Gasteiger charge is -2.30. The number of carboxylic acid groups (broad SMARTS) is 1. The zero-order valence-corrected chi connectivity index (χ0v) is 13.7. The summed E-state index contributed by atoms with van der Waals surface area (Å²) >= 11 is 0. The Kier molecular flexibility index (Phi) is 3.79. The van der Waals surface area contributed by atoms with Crippen molar-refractivity contribution >= 4 is 22.8 Å². The zero-order chi connectivity index (χ0) is 16.7. The quantitative estimate of drug-likeness (QED) is 0.891. The standard InChI is InChI=1S/C19H22N2O3/c22-18(21-10-8-12(9-11-21)19(23)24)15-6-3-5-14-13-4-1-2-7-16(13)20-17(14)15/h3,5-6,12,20H,1-2,4,7-11H2,(H,23,24). The first kappa shape index (κ1) is 15.2. The number of amides is 1. The van der Waals surface area contributed by atoms with Crippen LogP contribution in [0.5, 0.6) is 0 Å². The van der Waals surface area contributed by atoms with E-state index in [1.807, 2.05) is 12.1 Å². The SMILES string of the molecule is O=C(O)C1CCN(C(=O)c2cccc3c4c([nH]c23)CCCC4)CC1. The third-order valence-electron chi connectivity index (χ3n) is 5.50. The maximum absolute atomic E-state index is 13.0. The molecule has 4 rings (SSSR count). The van der Waals surface area contributed by atoms with E-state index < -0.39 is 5.97 Å². The van der Waals surface area contributed by atoms with Crippen molar-refractivity contribution in [2.45, 2.75) is 38.5 Å². The van der Waals surface area contributed by atoms with Gasteiger partial charge in [0, 0.05) is 24.2 Å². The van der Waals surface area contributed by atoms with Crippen molar-refractivity contribution in [3.63, 3.8) is 0 Å². The van der Waals surface area contributed by atoms with Crippen molar-refractivity contribution in [1.82, 2.24) is 9.88 Å². The molecule has 5 heteroatoms. The molecule has 1 aromatic heterocycles. The highest BCUT2D eigenvalue weighted by molar-refractivity contribution is 6.06. The van der Waals surface area contributed by atoms with Gasteiger partial charge in [0.15, 0.2) is 0 Å². The van der Waals surface area contributed by atoms with Crippen LogP contribution in [0.3, 0.4) is 0 Å². The number of aromatic nitrogens is 1. The van der Waals surface area contributed by atoms with Crippen LogP contribution < -0.4 is 0 Å². The summed E-state index contributed by atoms with van der Waals surface area (Å²) in [6, 6.07) is 5.95. The monoisotopic (exact) mass is 326 g/mol. The van der Waals surface area contributed by atoms with Gasteiger partial charge in [-0.05, 0) is 50.2 Å². The largest absolute Gasteiger partial charge is 0.481 e. The van der Waals surface area contributed by atoms with Crippen molar-refractivity contribution in [2.75, 3.05) is 13.1 Å². The number of likely N-dealkylation sites (tertiary alicyclic amines) is 1. The van der Waals surface area contributed by atoms with E-state index in [1.54, 1.807) is 4.90 Å². The molecule has 1 aromatic carbocycles. The van der Waals surface area contributed by atoms with Crippen LogP contribution in [0.1, 0.15) is 47.3 Å². The first-order chi connectivity index (χ1) is 11.6. The van der Waals surface area contributed by atoms with E-state index in [4.69, 9.17) is 5.11 Å². The van der Waals surface area contributed by atoms with Crippen LogP contribution in [-0.4, -0.2) is 40.0 Å². The zero-order valence-electron chi connectivity index (χ0n) is 13.7. The van der Waals surface area contributed by atoms with Crippen molar-refractivity contribution in [3.05, 3.63) is 35.0 Å². The number of carboxylic acids is 1. The number of carbonyl (C=O) groups excluding carboxylic acids is 1. The average molecular weight is 326 g/mol. The highest BCUT2D eigenvalue weighted by Gasteiger charge is 2.29. The van der Waals surface area contributed by atoms with Crippen LogP contribution >= 0.6 is 0 Å². The van der Waals surface area contributed by atoms with E-state index in [1.165, 1.54) is 29.5 Å². The minimum absolute atomic E-state index is 0.0167. The Morgan fingerprint density at radius 1 is 1.12 bits per heavy atom. The van der Waals surface area contributed by atoms with Gasteiger partial charge in [-0.25, -0.2) is 0 Å². The molecule has 5 nitrogen and oxygen atoms in total. The lowest BCUT2D eigenvalue weighted by molar-refractivity contribution is -0.143. The maximum atomic E-state index is 13.0. The molecular weight excluding hydrogens is 304 g/mol. The summed E-state index contributed by atoms with van der Waals surface area (Å²) < 4.78 is 0. The highest BCUT2D eigenvalue weighted by Crippen LogP contribution is 2.31. The number of hydrogen-bond donors (Lipinski definition) is 2. The first-order valence-electron chi connectivity index (χ1n) is 8.79. The normalized spacial score (nSPS) is 18.6. The summed E-state index contributed by atoms with van der Waals surface area (Å²) in [6.45, 7) is 1.04. The van der Waals surface area contributed by atoms with Crippen molar-refractivity contribution in [3.8, 4) is 0 Å². The Morgan fingerprint density at radius 3 is 2.62 bits per heavy atom. The molecule has 126 valence electrons. The molecule has 1 aliphatic heterocycles. The summed E-state index contributed by atoms with van der Waals surface area (Å²) in [5.74, 6) is -1.05. The van der Waals surface area contributed by atoms with E-state index >= 15 is 0 Å². The van der Waals surface area contributed by atoms with Gasteiger partial charge in [0.2, 0.25) is 0 Å². The number of carbonyl (C=O) groups is 2. The fraction of sp³-hybridized carbons (Fsp3) is 0.474. The summed E-state index contributed by atoms with van der Waals surface area (Å²) in [5, 5.41) is 10.3. The minimum Gasteiger partial charge on any atom is -0.481 e.